The molecule has 1 N–H and O–H groups in total. The van der Waals surface area contributed by atoms with E-state index in [1.54, 1.807) is 23.1 Å². The van der Waals surface area contributed by atoms with E-state index in [1.165, 1.54) is 18.8 Å². The van der Waals surface area contributed by atoms with Gasteiger partial charge in [0, 0.05) is 21.6 Å². The lowest BCUT2D eigenvalue weighted by molar-refractivity contribution is -0.116. The quantitative estimate of drug-likeness (QED) is 0.703. The van der Waals surface area contributed by atoms with Crippen molar-refractivity contribution in [3.05, 3.63) is 52.0 Å². The largest absolute Gasteiger partial charge is 0.311 e. The fourth-order valence-electron chi connectivity index (χ4n) is 2.91. The standard InChI is InChI=1S/C18H19BrN2O3S2/c1-12-9-14(19)3-6-17(12)25-11-18(22)21-8-7-13-10-15(4-5-16(13)21)26(23,24)20-2/h3-6,9-10,20H,7-8,11H2,1-2H3. The van der Waals surface area contributed by atoms with Gasteiger partial charge in [0.2, 0.25) is 15.9 Å². The SMILES string of the molecule is CNS(=O)(=O)c1ccc2c(c1)CCN2C(=O)CSc1ccc(Br)cc1C. The number of fused-ring (bicyclic) bond motifs is 1. The lowest BCUT2D eigenvalue weighted by Gasteiger charge is -2.18. The van der Waals surface area contributed by atoms with Crippen LogP contribution < -0.4 is 9.62 Å². The van der Waals surface area contributed by atoms with Crippen LogP contribution in [0, 0.1) is 6.92 Å². The molecule has 2 aromatic carbocycles. The van der Waals surface area contributed by atoms with Gasteiger partial charge in [-0.2, -0.15) is 0 Å². The number of hydrogen-bond donors (Lipinski definition) is 1. The molecule has 3 rings (SSSR count). The monoisotopic (exact) mass is 454 g/mol. The number of carbonyl (C=O) groups excluding carboxylic acids is 1. The summed E-state index contributed by atoms with van der Waals surface area (Å²) in [5.74, 6) is 0.374. The van der Waals surface area contributed by atoms with E-state index in [2.05, 4.69) is 20.7 Å². The summed E-state index contributed by atoms with van der Waals surface area (Å²) < 4.78 is 27.2. The first-order valence-corrected chi connectivity index (χ1v) is 11.3. The molecule has 0 bridgehead atoms. The topological polar surface area (TPSA) is 66.5 Å². The highest BCUT2D eigenvalue weighted by atomic mass is 79.9. The first-order valence-electron chi connectivity index (χ1n) is 8.07. The second-order valence-corrected chi connectivity index (χ2v) is 9.81. The van der Waals surface area contributed by atoms with E-state index in [0.717, 1.165) is 26.2 Å². The van der Waals surface area contributed by atoms with E-state index < -0.39 is 10.0 Å². The van der Waals surface area contributed by atoms with Gasteiger partial charge < -0.3 is 4.90 Å². The molecule has 1 aliphatic heterocycles. The van der Waals surface area contributed by atoms with Crippen LogP contribution in [-0.4, -0.2) is 33.7 Å². The zero-order valence-corrected chi connectivity index (χ0v) is 17.7. The first kappa shape index (κ1) is 19.4. The number of rotatable bonds is 5. The van der Waals surface area contributed by atoms with Crippen LogP contribution in [0.25, 0.3) is 0 Å². The van der Waals surface area contributed by atoms with Crippen LogP contribution >= 0.6 is 27.7 Å². The molecule has 0 spiro atoms. The summed E-state index contributed by atoms with van der Waals surface area (Å²) >= 11 is 4.96. The van der Waals surface area contributed by atoms with Gasteiger partial charge in [-0.3, -0.25) is 4.79 Å². The molecular weight excluding hydrogens is 436 g/mol. The Kier molecular flexibility index (Phi) is 5.76. The highest BCUT2D eigenvalue weighted by Crippen LogP contribution is 2.32. The van der Waals surface area contributed by atoms with Crippen molar-refractivity contribution in [2.24, 2.45) is 0 Å². The lowest BCUT2D eigenvalue weighted by atomic mass is 10.2. The van der Waals surface area contributed by atoms with Gasteiger partial charge in [0.1, 0.15) is 0 Å². The molecule has 1 amide bonds. The molecule has 0 aliphatic carbocycles. The highest BCUT2D eigenvalue weighted by Gasteiger charge is 2.26. The van der Waals surface area contributed by atoms with Crippen LogP contribution in [0.5, 0.6) is 0 Å². The third-order valence-corrected chi connectivity index (χ3v) is 7.38. The Morgan fingerprint density at radius 2 is 2.04 bits per heavy atom. The van der Waals surface area contributed by atoms with Gasteiger partial charge in [-0.25, -0.2) is 13.1 Å². The molecule has 26 heavy (non-hydrogen) atoms. The van der Waals surface area contributed by atoms with Gasteiger partial charge in [-0.15, -0.1) is 11.8 Å². The van der Waals surface area contributed by atoms with Crippen molar-refractivity contribution >= 4 is 49.3 Å². The van der Waals surface area contributed by atoms with Gasteiger partial charge in [-0.1, -0.05) is 15.9 Å². The number of aryl methyl sites for hydroxylation is 1. The summed E-state index contributed by atoms with van der Waals surface area (Å²) in [6.07, 6.45) is 0.663. The van der Waals surface area contributed by atoms with Crippen molar-refractivity contribution in [3.63, 3.8) is 0 Å². The third kappa shape index (κ3) is 3.98. The molecule has 0 unspecified atom stereocenters. The molecule has 1 aliphatic rings. The molecule has 5 nitrogen and oxygen atoms in total. The molecule has 0 atom stereocenters. The number of hydrogen-bond acceptors (Lipinski definition) is 4. The van der Waals surface area contributed by atoms with E-state index in [1.807, 2.05) is 25.1 Å². The number of thioether (sulfide) groups is 1. The van der Waals surface area contributed by atoms with Gasteiger partial charge >= 0.3 is 0 Å². The van der Waals surface area contributed by atoms with Gasteiger partial charge in [0.15, 0.2) is 0 Å². The van der Waals surface area contributed by atoms with Crippen LogP contribution in [0.4, 0.5) is 5.69 Å². The zero-order chi connectivity index (χ0) is 18.9. The van der Waals surface area contributed by atoms with Crippen molar-refractivity contribution in [2.45, 2.75) is 23.1 Å². The van der Waals surface area contributed by atoms with E-state index in [-0.39, 0.29) is 10.8 Å². The van der Waals surface area contributed by atoms with Crippen molar-refractivity contribution in [3.8, 4) is 0 Å². The van der Waals surface area contributed by atoms with Crippen molar-refractivity contribution in [1.82, 2.24) is 4.72 Å². The Morgan fingerprint density at radius 1 is 1.27 bits per heavy atom. The number of anilines is 1. The van der Waals surface area contributed by atoms with Crippen molar-refractivity contribution in [2.75, 3.05) is 24.2 Å². The number of carbonyl (C=O) groups is 1. The predicted octanol–water partition coefficient (Wildman–Crippen LogP) is 3.35. The number of nitrogens with one attached hydrogen (secondary N) is 1. The smallest absolute Gasteiger partial charge is 0.240 e. The minimum atomic E-state index is -3.47. The van der Waals surface area contributed by atoms with Crippen molar-refractivity contribution < 1.29 is 13.2 Å². The fraction of sp³-hybridized carbons (Fsp3) is 0.278. The number of amides is 1. The Labute approximate surface area is 166 Å². The average molecular weight is 455 g/mol. The van der Waals surface area contributed by atoms with E-state index in [4.69, 9.17) is 0 Å². The van der Waals surface area contributed by atoms with Crippen LogP contribution in [0.2, 0.25) is 0 Å². The molecule has 0 saturated heterocycles. The van der Waals surface area contributed by atoms with Gasteiger partial charge in [-0.05, 0) is 67.9 Å². The number of halogens is 1. The fourth-order valence-corrected chi connectivity index (χ4v) is 5.06. The molecule has 0 radical (unpaired) electrons. The van der Waals surface area contributed by atoms with Crippen LogP contribution in [0.15, 0.2) is 50.7 Å². The van der Waals surface area contributed by atoms with Gasteiger partial charge in [0.25, 0.3) is 0 Å². The summed E-state index contributed by atoms with van der Waals surface area (Å²) in [6, 6.07) is 10.9. The molecule has 0 aromatic heterocycles. The van der Waals surface area contributed by atoms with E-state index >= 15 is 0 Å². The van der Waals surface area contributed by atoms with Crippen LogP contribution in [0.3, 0.4) is 0 Å². The Bertz CT molecular complexity index is 961. The first-order chi connectivity index (χ1) is 12.3. The Hall–Kier alpha value is -1.35. The average Bonchev–Trinajstić information content (AvgIpc) is 3.04. The van der Waals surface area contributed by atoms with Gasteiger partial charge in [0.05, 0.1) is 10.6 Å². The minimum Gasteiger partial charge on any atom is -0.311 e. The molecule has 0 saturated carbocycles. The number of nitrogens with zero attached hydrogens (tertiary/aromatic N) is 1. The molecule has 1 heterocycles. The second-order valence-electron chi connectivity index (χ2n) is 5.99. The Balaban J connectivity index is 1.73. The Morgan fingerprint density at radius 3 is 2.73 bits per heavy atom. The van der Waals surface area contributed by atoms with E-state index in [9.17, 15) is 13.2 Å². The maximum atomic E-state index is 12.7. The second kappa shape index (κ2) is 7.72. The number of benzene rings is 2. The third-order valence-electron chi connectivity index (χ3n) is 4.31. The van der Waals surface area contributed by atoms with Crippen LogP contribution in [-0.2, 0) is 21.2 Å². The van der Waals surface area contributed by atoms with Crippen LogP contribution in [0.1, 0.15) is 11.1 Å². The maximum absolute atomic E-state index is 12.7. The molecule has 8 heteroatoms. The predicted molar refractivity (Wildman–Crippen MR) is 108 cm³/mol. The summed E-state index contributed by atoms with van der Waals surface area (Å²) in [4.78, 5) is 15.7. The zero-order valence-electron chi connectivity index (χ0n) is 14.5. The normalized spacial score (nSPS) is 13.7. The van der Waals surface area contributed by atoms with Crippen molar-refractivity contribution in [1.29, 1.82) is 0 Å². The summed E-state index contributed by atoms with van der Waals surface area (Å²) in [6.45, 7) is 2.60. The number of sulfonamides is 1. The maximum Gasteiger partial charge on any atom is 0.240 e. The molecule has 2 aromatic rings. The summed E-state index contributed by atoms with van der Waals surface area (Å²) in [5.41, 5.74) is 2.82. The van der Waals surface area contributed by atoms with E-state index in [0.29, 0.717) is 18.7 Å². The minimum absolute atomic E-state index is 0.0280. The lowest BCUT2D eigenvalue weighted by Crippen LogP contribution is -2.30. The highest BCUT2D eigenvalue weighted by molar-refractivity contribution is 9.10. The summed E-state index contributed by atoms with van der Waals surface area (Å²) in [7, 11) is -2.08. The molecule has 0 fully saturated rings. The molecular formula is C18H19BrN2O3S2. The molecule has 138 valence electrons. The summed E-state index contributed by atoms with van der Waals surface area (Å²) in [5, 5.41) is 0.